The van der Waals surface area contributed by atoms with Crippen LogP contribution in [0.1, 0.15) is 13.3 Å². The highest BCUT2D eigenvalue weighted by molar-refractivity contribution is 9.10. The van der Waals surface area contributed by atoms with Crippen LogP contribution < -0.4 is 15.8 Å². The van der Waals surface area contributed by atoms with E-state index in [-0.39, 0.29) is 0 Å². The van der Waals surface area contributed by atoms with Crippen molar-refractivity contribution in [1.29, 1.82) is 0 Å². The normalized spacial score (nSPS) is 9.93. The Kier molecular flexibility index (Phi) is 4.07. The first kappa shape index (κ1) is 11.2. The summed E-state index contributed by atoms with van der Waals surface area (Å²) in [5.41, 5.74) is 7.38. The number of nitrogens with one attached hydrogen (secondary N) is 1. The van der Waals surface area contributed by atoms with E-state index >= 15 is 0 Å². The summed E-state index contributed by atoms with van der Waals surface area (Å²) in [7, 11) is 1.84. The third-order valence-corrected chi connectivity index (χ3v) is 2.45. The van der Waals surface area contributed by atoms with Gasteiger partial charge in [-0.05, 0) is 28.4 Å². The second kappa shape index (κ2) is 5.10. The molecular formula is C10H15BrN2O. The van der Waals surface area contributed by atoms with Crippen LogP contribution in [0.4, 0.5) is 11.4 Å². The van der Waals surface area contributed by atoms with E-state index < -0.39 is 0 Å². The third-order valence-electron chi connectivity index (χ3n) is 1.84. The molecule has 0 radical (unpaired) electrons. The first-order valence-corrected chi connectivity index (χ1v) is 5.38. The minimum Gasteiger partial charge on any atom is -0.492 e. The van der Waals surface area contributed by atoms with E-state index in [1.807, 2.05) is 19.2 Å². The van der Waals surface area contributed by atoms with Crippen molar-refractivity contribution in [1.82, 2.24) is 0 Å². The van der Waals surface area contributed by atoms with Gasteiger partial charge in [-0.25, -0.2) is 0 Å². The molecule has 0 saturated carbocycles. The lowest BCUT2D eigenvalue weighted by Crippen LogP contribution is -2.00. The van der Waals surface area contributed by atoms with Gasteiger partial charge in [0.2, 0.25) is 0 Å². The molecule has 0 saturated heterocycles. The highest BCUT2D eigenvalue weighted by atomic mass is 79.9. The molecule has 0 atom stereocenters. The van der Waals surface area contributed by atoms with Crippen LogP contribution in [0.15, 0.2) is 16.6 Å². The Morgan fingerprint density at radius 2 is 2.21 bits per heavy atom. The molecule has 0 aliphatic rings. The van der Waals surface area contributed by atoms with Gasteiger partial charge in [0.15, 0.2) is 0 Å². The molecule has 1 aromatic carbocycles. The average molecular weight is 259 g/mol. The highest BCUT2D eigenvalue weighted by Gasteiger charge is 2.05. The zero-order valence-corrected chi connectivity index (χ0v) is 10.0. The maximum Gasteiger partial charge on any atom is 0.135 e. The second-order valence-corrected chi connectivity index (χ2v) is 3.82. The monoisotopic (exact) mass is 258 g/mol. The minimum atomic E-state index is 0.711. The van der Waals surface area contributed by atoms with Crippen molar-refractivity contribution in [2.75, 3.05) is 24.7 Å². The molecule has 4 heteroatoms. The number of nitrogens with two attached hydrogens (primary N) is 1. The van der Waals surface area contributed by atoms with E-state index in [0.29, 0.717) is 12.3 Å². The number of hydrogen-bond acceptors (Lipinski definition) is 3. The second-order valence-electron chi connectivity index (χ2n) is 2.97. The number of ether oxygens (including phenoxy) is 1. The molecule has 0 aromatic heterocycles. The van der Waals surface area contributed by atoms with Crippen molar-refractivity contribution in [2.24, 2.45) is 0 Å². The van der Waals surface area contributed by atoms with Gasteiger partial charge in [0.05, 0.1) is 22.5 Å². The quantitative estimate of drug-likeness (QED) is 0.817. The van der Waals surface area contributed by atoms with Crippen LogP contribution in [0.3, 0.4) is 0 Å². The number of nitrogen functional groups attached to an aromatic ring is 1. The maximum atomic E-state index is 5.78. The Labute approximate surface area is 92.8 Å². The van der Waals surface area contributed by atoms with Crippen LogP contribution in [0.5, 0.6) is 5.75 Å². The van der Waals surface area contributed by atoms with Gasteiger partial charge in [-0.2, -0.15) is 0 Å². The van der Waals surface area contributed by atoms with Crippen LogP contribution in [0.2, 0.25) is 0 Å². The lowest BCUT2D eigenvalue weighted by Gasteiger charge is -2.11. The predicted molar refractivity (Wildman–Crippen MR) is 63.9 cm³/mol. The minimum absolute atomic E-state index is 0.711. The number of halogens is 1. The van der Waals surface area contributed by atoms with Gasteiger partial charge in [-0.3, -0.25) is 0 Å². The Hall–Kier alpha value is -0.900. The first-order valence-electron chi connectivity index (χ1n) is 4.58. The van der Waals surface area contributed by atoms with Crippen LogP contribution in [0.25, 0.3) is 0 Å². The van der Waals surface area contributed by atoms with Crippen molar-refractivity contribution < 1.29 is 4.74 Å². The molecule has 0 aliphatic heterocycles. The molecule has 0 spiro atoms. The molecule has 78 valence electrons. The van der Waals surface area contributed by atoms with Crippen molar-refractivity contribution in [3.63, 3.8) is 0 Å². The molecule has 0 bridgehead atoms. The fraction of sp³-hybridized carbons (Fsp3) is 0.400. The molecule has 0 heterocycles. The molecule has 3 N–H and O–H groups in total. The first-order chi connectivity index (χ1) is 6.69. The fourth-order valence-corrected chi connectivity index (χ4v) is 1.58. The van der Waals surface area contributed by atoms with E-state index in [4.69, 9.17) is 10.5 Å². The molecule has 0 amide bonds. The number of rotatable bonds is 4. The van der Waals surface area contributed by atoms with Crippen LogP contribution in [0, 0.1) is 0 Å². The van der Waals surface area contributed by atoms with E-state index in [0.717, 1.165) is 22.3 Å². The summed E-state index contributed by atoms with van der Waals surface area (Å²) < 4.78 is 6.43. The fourth-order valence-electron chi connectivity index (χ4n) is 1.11. The smallest absolute Gasteiger partial charge is 0.135 e. The van der Waals surface area contributed by atoms with Gasteiger partial charge in [-0.1, -0.05) is 6.92 Å². The zero-order valence-electron chi connectivity index (χ0n) is 8.43. The average Bonchev–Trinajstić information content (AvgIpc) is 2.17. The topological polar surface area (TPSA) is 47.3 Å². The standard InChI is InChI=1S/C10H15BrN2O/c1-3-4-14-10-6-9(13-2)8(12)5-7(10)11/h5-6,13H,3-4,12H2,1-2H3. The van der Waals surface area contributed by atoms with Crippen LogP contribution >= 0.6 is 15.9 Å². The zero-order chi connectivity index (χ0) is 10.6. The molecule has 0 unspecified atom stereocenters. The molecule has 0 aliphatic carbocycles. The Morgan fingerprint density at radius 1 is 1.50 bits per heavy atom. The van der Waals surface area contributed by atoms with E-state index in [1.54, 1.807) is 0 Å². The summed E-state index contributed by atoms with van der Waals surface area (Å²) in [6, 6.07) is 3.74. The van der Waals surface area contributed by atoms with Crippen LogP contribution in [-0.4, -0.2) is 13.7 Å². The maximum absolute atomic E-state index is 5.78. The summed E-state index contributed by atoms with van der Waals surface area (Å²) in [5, 5.41) is 3.01. The largest absolute Gasteiger partial charge is 0.492 e. The summed E-state index contributed by atoms with van der Waals surface area (Å²) in [4.78, 5) is 0. The Balaban J connectivity index is 2.92. The lowest BCUT2D eigenvalue weighted by atomic mass is 10.2. The summed E-state index contributed by atoms with van der Waals surface area (Å²) in [6.07, 6.45) is 0.992. The number of hydrogen-bond donors (Lipinski definition) is 2. The number of benzene rings is 1. The SMILES string of the molecule is CCCOc1cc(NC)c(N)cc1Br. The molecular weight excluding hydrogens is 244 g/mol. The van der Waals surface area contributed by atoms with Gasteiger partial charge in [0, 0.05) is 13.1 Å². The van der Waals surface area contributed by atoms with Crippen molar-refractivity contribution in [3.8, 4) is 5.75 Å². The van der Waals surface area contributed by atoms with Gasteiger partial charge >= 0.3 is 0 Å². The van der Waals surface area contributed by atoms with Gasteiger partial charge < -0.3 is 15.8 Å². The molecule has 1 aromatic rings. The summed E-state index contributed by atoms with van der Waals surface area (Å²) >= 11 is 3.41. The van der Waals surface area contributed by atoms with Crippen molar-refractivity contribution in [3.05, 3.63) is 16.6 Å². The van der Waals surface area contributed by atoms with Gasteiger partial charge in [0.1, 0.15) is 5.75 Å². The molecule has 14 heavy (non-hydrogen) atoms. The predicted octanol–water partition coefficient (Wildman–Crippen LogP) is 2.86. The highest BCUT2D eigenvalue weighted by Crippen LogP contribution is 2.32. The van der Waals surface area contributed by atoms with E-state index in [2.05, 4.69) is 28.2 Å². The summed E-state index contributed by atoms with van der Waals surface area (Å²) in [5.74, 6) is 0.824. The molecule has 1 rings (SSSR count). The lowest BCUT2D eigenvalue weighted by molar-refractivity contribution is 0.315. The van der Waals surface area contributed by atoms with Crippen molar-refractivity contribution in [2.45, 2.75) is 13.3 Å². The van der Waals surface area contributed by atoms with Gasteiger partial charge in [-0.15, -0.1) is 0 Å². The van der Waals surface area contributed by atoms with Crippen molar-refractivity contribution >= 4 is 27.3 Å². The Bertz CT molecular complexity index is 315. The van der Waals surface area contributed by atoms with E-state index in [9.17, 15) is 0 Å². The van der Waals surface area contributed by atoms with Crippen LogP contribution in [-0.2, 0) is 0 Å². The van der Waals surface area contributed by atoms with E-state index in [1.165, 1.54) is 0 Å². The Morgan fingerprint density at radius 3 is 2.79 bits per heavy atom. The summed E-state index contributed by atoms with van der Waals surface area (Å²) in [6.45, 7) is 2.79. The van der Waals surface area contributed by atoms with Gasteiger partial charge in [0.25, 0.3) is 0 Å². The third kappa shape index (κ3) is 2.54. The molecule has 0 fully saturated rings. The number of anilines is 2. The molecule has 3 nitrogen and oxygen atoms in total.